The van der Waals surface area contributed by atoms with Crippen LogP contribution in [0.25, 0.3) is 0 Å². The van der Waals surface area contributed by atoms with Gasteiger partial charge >= 0.3 is 0 Å². The molecular weight excluding hydrogens is 234 g/mol. The highest BCUT2D eigenvalue weighted by molar-refractivity contribution is 5.27. The Hall–Kier alpha value is -1.46. The summed E-state index contributed by atoms with van der Waals surface area (Å²) in [5, 5.41) is 3.51. The van der Waals surface area contributed by atoms with Crippen LogP contribution in [-0.4, -0.2) is 19.2 Å². The molecule has 0 amide bonds. The molecule has 2 heteroatoms. The summed E-state index contributed by atoms with van der Waals surface area (Å²) in [6.07, 6.45) is 3.46. The van der Waals surface area contributed by atoms with Crippen molar-refractivity contribution in [2.24, 2.45) is 0 Å². The second kappa shape index (κ2) is 9.47. The van der Waals surface area contributed by atoms with Gasteiger partial charge in [0.2, 0.25) is 0 Å². The van der Waals surface area contributed by atoms with Crippen LogP contribution in [0.4, 0.5) is 0 Å². The number of aryl methyl sites for hydroxylation is 1. The maximum Gasteiger partial charge on any atom is 0.149 e. The van der Waals surface area contributed by atoms with Gasteiger partial charge in [-0.25, -0.2) is 0 Å². The molecule has 19 heavy (non-hydrogen) atoms. The molecule has 2 nitrogen and oxygen atoms in total. The Morgan fingerprint density at radius 1 is 1.26 bits per heavy atom. The van der Waals surface area contributed by atoms with Gasteiger partial charge in [0.25, 0.3) is 0 Å². The molecule has 0 heterocycles. The lowest BCUT2D eigenvalue weighted by molar-refractivity contribution is 0.370. The second-order valence-corrected chi connectivity index (χ2v) is 4.75. The van der Waals surface area contributed by atoms with E-state index in [1.54, 1.807) is 0 Å². The molecule has 0 bridgehead atoms. The van der Waals surface area contributed by atoms with Crippen molar-refractivity contribution in [3.63, 3.8) is 0 Å². The molecule has 1 N–H and O–H groups in total. The fraction of sp³-hybridized carbons (Fsp3) is 0.529. The van der Waals surface area contributed by atoms with Gasteiger partial charge in [-0.3, -0.25) is 0 Å². The van der Waals surface area contributed by atoms with Gasteiger partial charge < -0.3 is 10.1 Å². The first-order chi connectivity index (χ1) is 9.26. The van der Waals surface area contributed by atoms with Gasteiger partial charge in [0.15, 0.2) is 0 Å². The minimum atomic E-state index is 0.466. The molecule has 1 aromatic rings. The van der Waals surface area contributed by atoms with Crippen LogP contribution in [0.5, 0.6) is 5.75 Å². The summed E-state index contributed by atoms with van der Waals surface area (Å²) in [6.45, 7) is 7.83. The summed E-state index contributed by atoms with van der Waals surface area (Å²) >= 11 is 0. The first-order valence-corrected chi connectivity index (χ1v) is 7.11. The molecule has 104 valence electrons. The van der Waals surface area contributed by atoms with Crippen molar-refractivity contribution >= 4 is 0 Å². The molecule has 1 unspecified atom stereocenters. The Morgan fingerprint density at radius 3 is 2.63 bits per heavy atom. The van der Waals surface area contributed by atoms with E-state index in [1.165, 1.54) is 18.4 Å². The summed E-state index contributed by atoms with van der Waals surface area (Å²) < 4.78 is 5.49. The zero-order chi connectivity index (χ0) is 13.9. The Morgan fingerprint density at radius 2 is 2.00 bits per heavy atom. The first-order valence-electron chi connectivity index (χ1n) is 7.11. The molecule has 0 saturated heterocycles. The van der Waals surface area contributed by atoms with Crippen molar-refractivity contribution in [2.45, 2.75) is 46.1 Å². The lowest BCUT2D eigenvalue weighted by Gasteiger charge is -2.13. The van der Waals surface area contributed by atoms with Crippen molar-refractivity contribution in [1.82, 2.24) is 5.32 Å². The smallest absolute Gasteiger partial charge is 0.149 e. The Bertz CT molecular complexity index is 400. The molecule has 1 aromatic carbocycles. The minimum Gasteiger partial charge on any atom is -0.481 e. The molecule has 0 aliphatic heterocycles. The Balaban J connectivity index is 2.32. The number of ether oxygens (including phenoxy) is 1. The Labute approximate surface area is 117 Å². The van der Waals surface area contributed by atoms with Crippen molar-refractivity contribution in [3.8, 4) is 17.6 Å². The van der Waals surface area contributed by atoms with Gasteiger partial charge in [-0.15, -0.1) is 5.92 Å². The topological polar surface area (TPSA) is 21.3 Å². The predicted octanol–water partition coefficient (Wildman–Crippen LogP) is 3.41. The molecule has 0 aliphatic carbocycles. The van der Waals surface area contributed by atoms with Gasteiger partial charge in [0.05, 0.1) is 0 Å². The molecule has 0 fully saturated rings. The van der Waals surface area contributed by atoms with Crippen molar-refractivity contribution in [3.05, 3.63) is 29.8 Å². The van der Waals surface area contributed by atoms with Crippen LogP contribution in [0.2, 0.25) is 0 Å². The lowest BCUT2D eigenvalue weighted by atomic mass is 10.1. The van der Waals surface area contributed by atoms with Crippen LogP contribution in [0.3, 0.4) is 0 Å². The van der Waals surface area contributed by atoms with Crippen molar-refractivity contribution < 1.29 is 4.74 Å². The van der Waals surface area contributed by atoms with Crippen LogP contribution in [0.15, 0.2) is 24.3 Å². The number of rotatable bonds is 8. The van der Waals surface area contributed by atoms with E-state index in [0.717, 1.165) is 18.7 Å². The quantitative estimate of drug-likeness (QED) is 0.722. The van der Waals surface area contributed by atoms with Gasteiger partial charge in [-0.05, 0) is 57.4 Å². The van der Waals surface area contributed by atoms with Crippen LogP contribution >= 0.6 is 0 Å². The maximum atomic E-state index is 5.49. The lowest BCUT2D eigenvalue weighted by Crippen LogP contribution is -2.27. The van der Waals surface area contributed by atoms with E-state index in [-0.39, 0.29) is 0 Å². The van der Waals surface area contributed by atoms with Crippen molar-refractivity contribution in [2.75, 3.05) is 13.2 Å². The zero-order valence-electron chi connectivity index (χ0n) is 12.3. The SMILES string of the molecule is CC#CCOc1ccc(CCC(C)NCCC)cc1. The van der Waals surface area contributed by atoms with E-state index in [1.807, 2.05) is 19.1 Å². The number of hydrogen-bond acceptors (Lipinski definition) is 2. The van der Waals surface area contributed by atoms with E-state index in [2.05, 4.69) is 43.1 Å². The van der Waals surface area contributed by atoms with E-state index in [0.29, 0.717) is 12.6 Å². The zero-order valence-corrected chi connectivity index (χ0v) is 12.3. The van der Waals surface area contributed by atoms with Crippen LogP contribution < -0.4 is 10.1 Å². The number of benzene rings is 1. The van der Waals surface area contributed by atoms with E-state index < -0.39 is 0 Å². The fourth-order valence-corrected chi connectivity index (χ4v) is 1.82. The highest BCUT2D eigenvalue weighted by Crippen LogP contribution is 2.13. The molecule has 0 radical (unpaired) electrons. The maximum absolute atomic E-state index is 5.49. The van der Waals surface area contributed by atoms with Crippen molar-refractivity contribution in [1.29, 1.82) is 0 Å². The van der Waals surface area contributed by atoms with Crippen LogP contribution in [0.1, 0.15) is 39.2 Å². The second-order valence-electron chi connectivity index (χ2n) is 4.75. The number of nitrogens with one attached hydrogen (secondary N) is 1. The molecular formula is C17H25NO. The highest BCUT2D eigenvalue weighted by Gasteiger charge is 2.01. The third-order valence-corrected chi connectivity index (χ3v) is 3.02. The van der Waals surface area contributed by atoms with Gasteiger partial charge in [0.1, 0.15) is 12.4 Å². The normalized spacial score (nSPS) is 11.5. The van der Waals surface area contributed by atoms with Crippen LogP contribution in [0, 0.1) is 11.8 Å². The summed E-state index contributed by atoms with van der Waals surface area (Å²) in [7, 11) is 0. The Kier molecular flexibility index (Phi) is 7.77. The van der Waals surface area contributed by atoms with E-state index >= 15 is 0 Å². The molecule has 0 aromatic heterocycles. The molecule has 0 spiro atoms. The summed E-state index contributed by atoms with van der Waals surface area (Å²) in [5.41, 5.74) is 1.36. The standard InChI is InChI=1S/C17H25NO/c1-4-6-14-19-17-11-9-16(10-12-17)8-7-15(3)18-13-5-2/h9-12,15,18H,5,7-8,13-14H2,1-3H3. The van der Waals surface area contributed by atoms with E-state index in [4.69, 9.17) is 4.74 Å². The van der Waals surface area contributed by atoms with Crippen LogP contribution in [-0.2, 0) is 6.42 Å². The van der Waals surface area contributed by atoms with Gasteiger partial charge in [-0.1, -0.05) is 25.0 Å². The first kappa shape index (κ1) is 15.6. The summed E-state index contributed by atoms with van der Waals surface area (Å²) in [6, 6.07) is 8.91. The molecule has 0 aliphatic rings. The molecule has 1 rings (SSSR count). The van der Waals surface area contributed by atoms with Gasteiger partial charge in [0, 0.05) is 6.04 Å². The van der Waals surface area contributed by atoms with Gasteiger partial charge in [-0.2, -0.15) is 0 Å². The fourth-order valence-electron chi connectivity index (χ4n) is 1.82. The molecule has 0 saturated carbocycles. The average molecular weight is 259 g/mol. The van der Waals surface area contributed by atoms with E-state index in [9.17, 15) is 0 Å². The monoisotopic (exact) mass is 259 g/mol. The third-order valence-electron chi connectivity index (χ3n) is 3.02. The predicted molar refractivity (Wildman–Crippen MR) is 81.5 cm³/mol. The number of hydrogen-bond donors (Lipinski definition) is 1. The summed E-state index contributed by atoms with van der Waals surface area (Å²) in [4.78, 5) is 0. The largest absolute Gasteiger partial charge is 0.481 e. The molecule has 1 atom stereocenters. The third kappa shape index (κ3) is 6.88. The highest BCUT2D eigenvalue weighted by atomic mass is 16.5. The average Bonchev–Trinajstić information content (AvgIpc) is 2.44. The summed E-state index contributed by atoms with van der Waals surface area (Å²) in [5.74, 6) is 6.60. The minimum absolute atomic E-state index is 0.466.